The van der Waals surface area contributed by atoms with Crippen LogP contribution in [0.1, 0.15) is 6.92 Å². The molecule has 0 spiro atoms. The Labute approximate surface area is 139 Å². The Hall–Kier alpha value is -2.27. The van der Waals surface area contributed by atoms with Crippen LogP contribution in [0.2, 0.25) is 5.02 Å². The monoisotopic (exact) mass is 332 g/mol. The molecule has 120 valence electrons. The summed E-state index contributed by atoms with van der Waals surface area (Å²) in [5.74, 6) is 1.16. The van der Waals surface area contributed by atoms with Crippen molar-refractivity contribution in [1.82, 2.24) is 9.88 Å². The van der Waals surface area contributed by atoms with Gasteiger partial charge in [-0.2, -0.15) is 0 Å². The lowest BCUT2D eigenvalue weighted by molar-refractivity contribution is -0.147. The van der Waals surface area contributed by atoms with Crippen LogP contribution in [0.4, 0.5) is 0 Å². The minimum Gasteiger partial charge on any atom is -0.481 e. The molecule has 1 aromatic carbocycles. The van der Waals surface area contributed by atoms with Gasteiger partial charge < -0.3 is 14.4 Å². The van der Waals surface area contributed by atoms with Crippen LogP contribution in [0.25, 0.3) is 0 Å². The van der Waals surface area contributed by atoms with E-state index >= 15 is 0 Å². The minimum atomic E-state index is -0.521. The molecule has 1 aliphatic heterocycles. The fraction of sp³-hybridized carbons (Fsp3) is 0.294. The first kappa shape index (κ1) is 15.6. The average molecular weight is 333 g/mol. The van der Waals surface area contributed by atoms with Crippen molar-refractivity contribution < 1.29 is 14.3 Å². The zero-order valence-corrected chi connectivity index (χ0v) is 13.4. The van der Waals surface area contributed by atoms with Crippen molar-refractivity contribution in [1.29, 1.82) is 0 Å². The van der Waals surface area contributed by atoms with Crippen LogP contribution in [-0.4, -0.2) is 41.1 Å². The Morgan fingerprint density at radius 1 is 1.26 bits per heavy atom. The quantitative estimate of drug-likeness (QED) is 0.845. The molecule has 23 heavy (non-hydrogen) atoms. The number of nitrogens with zero attached hydrogens (tertiary/aromatic N) is 2. The van der Waals surface area contributed by atoms with Gasteiger partial charge in [-0.1, -0.05) is 29.8 Å². The molecule has 0 bridgehead atoms. The van der Waals surface area contributed by atoms with E-state index < -0.39 is 6.10 Å². The normalized spacial score (nSPS) is 15.7. The second-order valence-corrected chi connectivity index (χ2v) is 5.81. The van der Waals surface area contributed by atoms with Gasteiger partial charge in [-0.05, 0) is 25.1 Å². The van der Waals surface area contributed by atoms with E-state index in [-0.39, 0.29) is 12.0 Å². The summed E-state index contributed by atoms with van der Waals surface area (Å²) in [6, 6.07) is 12.8. The van der Waals surface area contributed by atoms with E-state index in [0.29, 0.717) is 29.7 Å². The maximum absolute atomic E-state index is 12.3. The lowest BCUT2D eigenvalue weighted by atomic mass is 10.1. The van der Waals surface area contributed by atoms with E-state index in [1.807, 2.05) is 30.3 Å². The summed E-state index contributed by atoms with van der Waals surface area (Å²) in [6.07, 6.45) is 0.970. The summed E-state index contributed by atoms with van der Waals surface area (Å²) < 4.78 is 11.3. The number of carbonyl (C=O) groups is 1. The van der Waals surface area contributed by atoms with Gasteiger partial charge in [0, 0.05) is 12.3 Å². The Morgan fingerprint density at radius 2 is 2.00 bits per heavy atom. The highest BCUT2D eigenvalue weighted by Crippen LogP contribution is 2.19. The number of pyridine rings is 1. The molecule has 1 aliphatic rings. The van der Waals surface area contributed by atoms with Gasteiger partial charge in [0.25, 0.3) is 5.91 Å². The molecule has 1 fully saturated rings. The number of halogens is 1. The maximum atomic E-state index is 12.3. The number of likely N-dealkylation sites (tertiary alicyclic amines) is 1. The van der Waals surface area contributed by atoms with Crippen LogP contribution in [0.3, 0.4) is 0 Å². The van der Waals surface area contributed by atoms with E-state index in [1.54, 1.807) is 24.0 Å². The van der Waals surface area contributed by atoms with Gasteiger partial charge in [-0.15, -0.1) is 0 Å². The smallest absolute Gasteiger partial charge is 0.263 e. The number of ether oxygens (including phenoxy) is 2. The van der Waals surface area contributed by atoms with Crippen molar-refractivity contribution in [3.05, 3.63) is 53.7 Å². The second-order valence-electron chi connectivity index (χ2n) is 5.37. The maximum Gasteiger partial charge on any atom is 0.263 e. The number of aromatic nitrogens is 1. The number of hydrogen-bond donors (Lipinski definition) is 0. The van der Waals surface area contributed by atoms with Crippen LogP contribution in [0, 0.1) is 0 Å². The third-order valence-corrected chi connectivity index (χ3v) is 3.77. The molecular weight excluding hydrogens is 316 g/mol. The zero-order chi connectivity index (χ0) is 16.2. The molecule has 1 unspecified atom stereocenters. The van der Waals surface area contributed by atoms with Crippen LogP contribution < -0.4 is 9.47 Å². The topological polar surface area (TPSA) is 51.7 Å². The third kappa shape index (κ3) is 3.93. The van der Waals surface area contributed by atoms with Gasteiger partial charge >= 0.3 is 0 Å². The number of para-hydroxylation sites is 1. The molecule has 0 N–H and O–H groups in total. The van der Waals surface area contributed by atoms with Crippen molar-refractivity contribution in [3.8, 4) is 11.6 Å². The first-order valence-electron chi connectivity index (χ1n) is 7.40. The summed E-state index contributed by atoms with van der Waals surface area (Å²) in [4.78, 5) is 18.1. The van der Waals surface area contributed by atoms with Crippen molar-refractivity contribution >= 4 is 17.5 Å². The number of carbonyl (C=O) groups excluding carboxylic acids is 1. The minimum absolute atomic E-state index is 0.0437. The fourth-order valence-electron chi connectivity index (χ4n) is 2.31. The first-order chi connectivity index (χ1) is 11.1. The van der Waals surface area contributed by atoms with E-state index in [0.717, 1.165) is 0 Å². The molecule has 1 amide bonds. The van der Waals surface area contributed by atoms with Gasteiger partial charge in [0.05, 0.1) is 18.1 Å². The summed E-state index contributed by atoms with van der Waals surface area (Å²) in [5.41, 5.74) is 0. The molecule has 1 saturated heterocycles. The lowest BCUT2D eigenvalue weighted by Gasteiger charge is -2.39. The number of amides is 1. The predicted octanol–water partition coefficient (Wildman–Crippen LogP) is 2.79. The number of hydrogen-bond acceptors (Lipinski definition) is 4. The highest BCUT2D eigenvalue weighted by Gasteiger charge is 2.35. The van der Waals surface area contributed by atoms with Crippen LogP contribution in [0.15, 0.2) is 48.7 Å². The van der Waals surface area contributed by atoms with E-state index in [1.165, 1.54) is 6.20 Å². The van der Waals surface area contributed by atoms with Gasteiger partial charge in [0.1, 0.15) is 11.9 Å². The number of rotatable bonds is 5. The molecule has 5 nitrogen and oxygen atoms in total. The molecule has 3 rings (SSSR count). The zero-order valence-electron chi connectivity index (χ0n) is 12.7. The van der Waals surface area contributed by atoms with Crippen LogP contribution in [-0.2, 0) is 4.79 Å². The van der Waals surface area contributed by atoms with Crippen molar-refractivity contribution in [2.45, 2.75) is 19.1 Å². The highest BCUT2D eigenvalue weighted by molar-refractivity contribution is 6.30. The molecule has 1 atom stereocenters. The van der Waals surface area contributed by atoms with E-state index in [9.17, 15) is 4.79 Å². The van der Waals surface area contributed by atoms with E-state index in [4.69, 9.17) is 21.1 Å². The first-order valence-corrected chi connectivity index (χ1v) is 7.78. The highest BCUT2D eigenvalue weighted by atomic mass is 35.5. The lowest BCUT2D eigenvalue weighted by Crippen LogP contribution is -2.58. The number of benzene rings is 1. The molecule has 1 aromatic heterocycles. The molecule has 6 heteroatoms. The summed E-state index contributed by atoms with van der Waals surface area (Å²) in [5, 5.41) is 0.564. The predicted molar refractivity (Wildman–Crippen MR) is 86.8 cm³/mol. The van der Waals surface area contributed by atoms with Crippen LogP contribution >= 0.6 is 11.6 Å². The molecular formula is C17H17ClN2O3. The Morgan fingerprint density at radius 3 is 2.65 bits per heavy atom. The summed E-state index contributed by atoms with van der Waals surface area (Å²) >= 11 is 5.78. The molecule has 0 saturated carbocycles. The second kappa shape index (κ2) is 6.87. The summed E-state index contributed by atoms with van der Waals surface area (Å²) in [6.45, 7) is 2.82. The van der Waals surface area contributed by atoms with Crippen molar-refractivity contribution in [3.63, 3.8) is 0 Å². The molecule has 2 aromatic rings. The SMILES string of the molecule is CC(Oc1ccccc1)C(=O)N1CC(Oc2ccc(Cl)cn2)C1. The third-order valence-electron chi connectivity index (χ3n) is 3.55. The average Bonchev–Trinajstić information content (AvgIpc) is 2.52. The van der Waals surface area contributed by atoms with Gasteiger partial charge in [-0.3, -0.25) is 4.79 Å². The molecule has 0 radical (unpaired) electrons. The standard InChI is InChI=1S/C17H17ClN2O3/c1-12(22-14-5-3-2-4-6-14)17(21)20-10-15(11-20)23-16-8-7-13(18)9-19-16/h2-9,12,15H,10-11H2,1H3. The largest absolute Gasteiger partial charge is 0.481 e. The van der Waals surface area contributed by atoms with Gasteiger partial charge in [0.2, 0.25) is 5.88 Å². The Bertz CT molecular complexity index is 657. The van der Waals surface area contributed by atoms with Crippen molar-refractivity contribution in [2.75, 3.05) is 13.1 Å². The van der Waals surface area contributed by atoms with Gasteiger partial charge in [0.15, 0.2) is 6.10 Å². The molecule has 2 heterocycles. The van der Waals surface area contributed by atoms with Crippen molar-refractivity contribution in [2.24, 2.45) is 0 Å². The summed E-state index contributed by atoms with van der Waals surface area (Å²) in [7, 11) is 0. The Balaban J connectivity index is 1.46. The van der Waals surface area contributed by atoms with E-state index in [2.05, 4.69) is 4.98 Å². The Kier molecular flexibility index (Phi) is 4.67. The van der Waals surface area contributed by atoms with Gasteiger partial charge in [-0.25, -0.2) is 4.98 Å². The van der Waals surface area contributed by atoms with Crippen LogP contribution in [0.5, 0.6) is 11.6 Å². The molecule has 0 aliphatic carbocycles. The fourth-order valence-corrected chi connectivity index (χ4v) is 2.42.